The molecule has 1 saturated carbocycles. The average molecular weight is 495 g/mol. The third-order valence-electron chi connectivity index (χ3n) is 6.08. The maximum atomic E-state index is 14.4. The lowest BCUT2D eigenvalue weighted by atomic mass is 10.1. The van der Waals surface area contributed by atoms with E-state index in [1.807, 2.05) is 0 Å². The van der Waals surface area contributed by atoms with E-state index in [9.17, 15) is 18.8 Å². The number of aromatic nitrogens is 3. The Labute approximate surface area is 203 Å². The fraction of sp³-hybridized carbons (Fsp3) is 0.280. The van der Waals surface area contributed by atoms with E-state index in [2.05, 4.69) is 10.3 Å². The Kier molecular flexibility index (Phi) is 5.98. The van der Waals surface area contributed by atoms with Crippen molar-refractivity contribution < 1.29 is 13.9 Å². The van der Waals surface area contributed by atoms with Crippen LogP contribution in [-0.4, -0.2) is 26.6 Å². The van der Waals surface area contributed by atoms with Gasteiger partial charge in [0.25, 0.3) is 5.56 Å². The molecule has 0 spiro atoms. The minimum Gasteiger partial charge on any atom is -0.490 e. The summed E-state index contributed by atoms with van der Waals surface area (Å²) in [6.07, 6.45) is 2.19. The largest absolute Gasteiger partial charge is 0.490 e. The van der Waals surface area contributed by atoms with Crippen molar-refractivity contribution in [2.45, 2.75) is 19.3 Å². The van der Waals surface area contributed by atoms with Gasteiger partial charge >= 0.3 is 5.69 Å². The molecule has 0 unspecified atom stereocenters. The number of aryl methyl sites for hydroxylation is 1. The maximum absolute atomic E-state index is 14.4. The van der Waals surface area contributed by atoms with Gasteiger partial charge < -0.3 is 10.1 Å². The molecule has 1 amide bonds. The predicted octanol–water partition coefficient (Wildman–Crippen LogP) is 3.47. The van der Waals surface area contributed by atoms with Gasteiger partial charge in [-0.15, -0.1) is 11.3 Å². The van der Waals surface area contributed by atoms with Crippen molar-refractivity contribution in [3.05, 3.63) is 74.0 Å². The van der Waals surface area contributed by atoms with Gasteiger partial charge in [0.15, 0.2) is 16.7 Å². The lowest BCUT2D eigenvalue weighted by molar-refractivity contribution is -0.115. The van der Waals surface area contributed by atoms with Crippen molar-refractivity contribution >= 4 is 33.3 Å². The Hall–Kier alpha value is -3.79. The molecule has 1 aliphatic carbocycles. The van der Waals surface area contributed by atoms with E-state index < -0.39 is 17.1 Å². The molecule has 8 nitrogen and oxygen atoms in total. The lowest BCUT2D eigenvalue weighted by Gasteiger charge is -2.11. The summed E-state index contributed by atoms with van der Waals surface area (Å²) >= 11 is 1.22. The molecule has 2 heterocycles. The number of thiazole rings is 1. The molecule has 0 bridgehead atoms. The van der Waals surface area contributed by atoms with Crippen molar-refractivity contribution in [2.75, 3.05) is 11.9 Å². The van der Waals surface area contributed by atoms with Crippen molar-refractivity contribution in [1.29, 1.82) is 0 Å². The molecular formula is C25H23FN4O4S. The highest BCUT2D eigenvalue weighted by Crippen LogP contribution is 2.32. The van der Waals surface area contributed by atoms with Gasteiger partial charge in [-0.2, -0.15) is 0 Å². The first-order chi connectivity index (χ1) is 16.8. The second-order valence-electron chi connectivity index (χ2n) is 8.68. The molecule has 4 aromatic rings. The summed E-state index contributed by atoms with van der Waals surface area (Å²) in [5, 5.41) is 5.16. The van der Waals surface area contributed by atoms with Gasteiger partial charge in [0.05, 0.1) is 29.6 Å². The van der Waals surface area contributed by atoms with Crippen LogP contribution in [0, 0.1) is 11.7 Å². The van der Waals surface area contributed by atoms with Crippen molar-refractivity contribution in [3.63, 3.8) is 0 Å². The van der Waals surface area contributed by atoms with Gasteiger partial charge in [-0.25, -0.2) is 14.2 Å². The van der Waals surface area contributed by atoms with Gasteiger partial charge in [-0.05, 0) is 48.6 Å². The number of amides is 1. The summed E-state index contributed by atoms with van der Waals surface area (Å²) in [6.45, 7) is 0.530. The number of hydrogen-bond acceptors (Lipinski definition) is 6. The Morgan fingerprint density at radius 2 is 2.00 bits per heavy atom. The van der Waals surface area contributed by atoms with Crippen LogP contribution in [0.3, 0.4) is 0 Å². The zero-order valence-corrected chi connectivity index (χ0v) is 20.0. The molecule has 1 fully saturated rings. The van der Waals surface area contributed by atoms with Gasteiger partial charge in [0, 0.05) is 25.0 Å². The van der Waals surface area contributed by atoms with E-state index in [4.69, 9.17) is 4.74 Å². The third kappa shape index (κ3) is 4.61. The summed E-state index contributed by atoms with van der Waals surface area (Å²) < 4.78 is 22.4. The minimum atomic E-state index is -0.450. The number of rotatable bonds is 7. The molecular weight excluding hydrogens is 471 g/mol. The van der Waals surface area contributed by atoms with E-state index in [0.29, 0.717) is 45.4 Å². The molecule has 0 aliphatic heterocycles. The monoisotopic (exact) mass is 494 g/mol. The molecule has 0 radical (unpaired) electrons. The SMILES string of the molecule is Cn1c(=O)c2c(CC(=O)Nc3nc(-c4ccc(OCC5CC5)c(F)c4)cs3)cccc2n(C)c1=O. The highest BCUT2D eigenvalue weighted by molar-refractivity contribution is 7.14. The number of ether oxygens (including phenoxy) is 1. The first kappa shape index (κ1) is 23.0. The van der Waals surface area contributed by atoms with Crippen LogP contribution in [0.5, 0.6) is 5.75 Å². The van der Waals surface area contributed by atoms with E-state index >= 15 is 0 Å². The van der Waals surface area contributed by atoms with Gasteiger partial charge in [0.1, 0.15) is 0 Å². The smallest absolute Gasteiger partial charge is 0.330 e. The zero-order chi connectivity index (χ0) is 24.7. The number of hydrogen-bond donors (Lipinski definition) is 1. The minimum absolute atomic E-state index is 0.0681. The Morgan fingerprint density at radius 3 is 2.74 bits per heavy atom. The van der Waals surface area contributed by atoms with Crippen LogP contribution < -0.4 is 21.3 Å². The standard InChI is InChI=1S/C25H23FN4O4S/c1-29-19-5-3-4-16(22(19)23(32)30(2)25(29)33)11-21(31)28-24-27-18(13-35-24)15-8-9-20(17(26)10-15)34-12-14-6-7-14/h3-5,8-10,13-14H,6-7,11-12H2,1-2H3,(H,27,28,31). The van der Waals surface area contributed by atoms with E-state index in [1.165, 1.54) is 29.0 Å². The molecule has 1 N–H and O–H groups in total. The van der Waals surface area contributed by atoms with Gasteiger partial charge in [-0.3, -0.25) is 18.7 Å². The maximum Gasteiger partial charge on any atom is 0.330 e. The molecule has 35 heavy (non-hydrogen) atoms. The molecule has 0 saturated heterocycles. The zero-order valence-electron chi connectivity index (χ0n) is 19.2. The van der Waals surface area contributed by atoms with Crippen LogP contribution in [0.1, 0.15) is 18.4 Å². The predicted molar refractivity (Wildman–Crippen MR) is 132 cm³/mol. The Balaban J connectivity index is 1.32. The van der Waals surface area contributed by atoms with Crippen LogP contribution in [0.4, 0.5) is 9.52 Å². The first-order valence-corrected chi connectivity index (χ1v) is 12.1. The Morgan fingerprint density at radius 1 is 1.20 bits per heavy atom. The summed E-state index contributed by atoms with van der Waals surface area (Å²) in [5.74, 6) is -0.0521. The second kappa shape index (κ2) is 9.10. The molecule has 2 aromatic carbocycles. The molecule has 2 aromatic heterocycles. The van der Waals surface area contributed by atoms with Crippen molar-refractivity contribution in [3.8, 4) is 17.0 Å². The number of nitrogens with zero attached hydrogens (tertiary/aromatic N) is 3. The number of anilines is 1. The molecule has 10 heteroatoms. The van der Waals surface area contributed by atoms with E-state index in [1.54, 1.807) is 42.8 Å². The lowest BCUT2D eigenvalue weighted by Crippen LogP contribution is -2.37. The second-order valence-corrected chi connectivity index (χ2v) is 9.54. The van der Waals surface area contributed by atoms with Crippen molar-refractivity contribution in [1.82, 2.24) is 14.1 Å². The fourth-order valence-corrected chi connectivity index (χ4v) is 4.65. The summed E-state index contributed by atoms with van der Waals surface area (Å²) in [7, 11) is 2.99. The number of halogens is 1. The van der Waals surface area contributed by atoms with Crippen molar-refractivity contribution in [2.24, 2.45) is 20.0 Å². The fourth-order valence-electron chi connectivity index (χ4n) is 3.91. The van der Waals surface area contributed by atoms with E-state index in [0.717, 1.165) is 17.4 Å². The van der Waals surface area contributed by atoms with E-state index in [-0.39, 0.29) is 18.1 Å². The van der Waals surface area contributed by atoms with Crippen LogP contribution in [0.15, 0.2) is 51.4 Å². The normalized spacial score (nSPS) is 13.2. The number of nitrogens with one attached hydrogen (secondary N) is 1. The highest BCUT2D eigenvalue weighted by Gasteiger charge is 2.22. The molecule has 1 aliphatic rings. The number of carbonyl (C=O) groups is 1. The quantitative estimate of drug-likeness (QED) is 0.425. The van der Waals surface area contributed by atoms with Crippen LogP contribution in [0.2, 0.25) is 0 Å². The number of benzene rings is 2. The van der Waals surface area contributed by atoms with Crippen LogP contribution in [-0.2, 0) is 25.3 Å². The molecule has 180 valence electrons. The third-order valence-corrected chi connectivity index (χ3v) is 6.84. The average Bonchev–Trinajstić information content (AvgIpc) is 3.56. The Bertz CT molecular complexity index is 1570. The molecule has 5 rings (SSSR count). The van der Waals surface area contributed by atoms with Crippen LogP contribution >= 0.6 is 11.3 Å². The summed E-state index contributed by atoms with van der Waals surface area (Å²) in [4.78, 5) is 42.1. The van der Waals surface area contributed by atoms with Gasteiger partial charge in [0.2, 0.25) is 5.91 Å². The molecule has 0 atom stereocenters. The highest BCUT2D eigenvalue weighted by atomic mass is 32.1. The first-order valence-electron chi connectivity index (χ1n) is 11.2. The van der Waals surface area contributed by atoms with Crippen LogP contribution in [0.25, 0.3) is 22.2 Å². The summed E-state index contributed by atoms with van der Waals surface area (Å²) in [6, 6.07) is 9.78. The number of fused-ring (bicyclic) bond motifs is 1. The topological polar surface area (TPSA) is 95.2 Å². The number of carbonyl (C=O) groups excluding carboxylic acids is 1. The van der Waals surface area contributed by atoms with Gasteiger partial charge in [-0.1, -0.05) is 12.1 Å². The summed E-state index contributed by atoms with van der Waals surface area (Å²) in [5.41, 5.74) is 1.21.